The molecule has 0 saturated heterocycles. The summed E-state index contributed by atoms with van der Waals surface area (Å²) in [4.78, 5) is 22.8. The maximum atomic E-state index is 13.2. The molecule has 8 heteroatoms. The Bertz CT molecular complexity index is 1260. The minimum absolute atomic E-state index is 0.144. The number of carbonyl (C=O) groups excluding carboxylic acids is 1. The second kappa shape index (κ2) is 8.61. The topological polar surface area (TPSA) is 80.9 Å². The van der Waals surface area contributed by atoms with Crippen molar-refractivity contribution in [3.8, 4) is 22.0 Å². The van der Waals surface area contributed by atoms with Gasteiger partial charge in [-0.05, 0) is 37.6 Å². The second-order valence-corrected chi connectivity index (χ2v) is 8.94. The summed E-state index contributed by atoms with van der Waals surface area (Å²) in [6, 6.07) is 13.1. The first kappa shape index (κ1) is 21.2. The Morgan fingerprint density at radius 3 is 2.61 bits per heavy atom. The number of nitrogens with zero attached hydrogens (tertiary/aromatic N) is 3. The smallest absolute Gasteiger partial charge is 0.267 e. The van der Waals surface area contributed by atoms with Gasteiger partial charge in [0.2, 0.25) is 0 Å². The van der Waals surface area contributed by atoms with Gasteiger partial charge in [-0.3, -0.25) is 4.79 Å². The van der Waals surface area contributed by atoms with Gasteiger partial charge in [-0.1, -0.05) is 54.9 Å². The Kier molecular flexibility index (Phi) is 5.89. The fraction of sp³-hybridized carbons (Fsp3) is 0.217. The molecule has 2 heterocycles. The van der Waals surface area contributed by atoms with Crippen molar-refractivity contribution < 1.29 is 9.32 Å². The summed E-state index contributed by atoms with van der Waals surface area (Å²) in [6.45, 7) is 7.75. The number of benzene rings is 2. The lowest BCUT2D eigenvalue weighted by atomic mass is 10.1. The SMILES string of the molecule is Cc1cccc(-c2nc(C(C)C)no2)c1NC(=O)c1sc(-c2cccc(Cl)c2)nc1C. The number of halogens is 1. The van der Waals surface area contributed by atoms with E-state index in [1.807, 2.05) is 64.1 Å². The lowest BCUT2D eigenvalue weighted by molar-refractivity contribution is 0.102. The number of rotatable bonds is 5. The Morgan fingerprint density at radius 2 is 1.90 bits per heavy atom. The van der Waals surface area contributed by atoms with E-state index in [4.69, 9.17) is 16.1 Å². The van der Waals surface area contributed by atoms with Crippen LogP contribution in [-0.2, 0) is 0 Å². The maximum absolute atomic E-state index is 13.2. The third-order valence-corrected chi connectivity index (χ3v) is 6.21. The van der Waals surface area contributed by atoms with Crippen LogP contribution in [-0.4, -0.2) is 21.0 Å². The van der Waals surface area contributed by atoms with Crippen molar-refractivity contribution in [2.24, 2.45) is 0 Å². The summed E-state index contributed by atoms with van der Waals surface area (Å²) in [5.74, 6) is 0.911. The van der Waals surface area contributed by atoms with E-state index in [2.05, 4.69) is 20.4 Å². The van der Waals surface area contributed by atoms with E-state index in [-0.39, 0.29) is 11.8 Å². The van der Waals surface area contributed by atoms with E-state index in [9.17, 15) is 4.79 Å². The molecule has 0 unspecified atom stereocenters. The zero-order valence-electron chi connectivity index (χ0n) is 17.6. The van der Waals surface area contributed by atoms with Gasteiger partial charge in [-0.15, -0.1) is 11.3 Å². The van der Waals surface area contributed by atoms with Crippen LogP contribution in [0.1, 0.15) is 46.5 Å². The monoisotopic (exact) mass is 452 g/mol. The average Bonchev–Trinajstić information content (AvgIpc) is 3.37. The largest absolute Gasteiger partial charge is 0.334 e. The highest BCUT2D eigenvalue weighted by Gasteiger charge is 2.21. The normalized spacial score (nSPS) is 11.2. The van der Waals surface area contributed by atoms with Crippen LogP contribution >= 0.6 is 22.9 Å². The predicted octanol–water partition coefficient (Wildman–Crippen LogP) is 6.51. The molecule has 0 fully saturated rings. The molecule has 31 heavy (non-hydrogen) atoms. The number of hydrogen-bond acceptors (Lipinski definition) is 6. The van der Waals surface area contributed by atoms with Crippen LogP contribution in [0.2, 0.25) is 5.02 Å². The molecule has 2 aromatic carbocycles. The Morgan fingerprint density at radius 1 is 1.13 bits per heavy atom. The fourth-order valence-electron chi connectivity index (χ4n) is 3.11. The molecule has 0 spiro atoms. The molecule has 158 valence electrons. The van der Waals surface area contributed by atoms with Crippen molar-refractivity contribution in [1.29, 1.82) is 0 Å². The van der Waals surface area contributed by atoms with Crippen LogP contribution in [0, 0.1) is 13.8 Å². The van der Waals surface area contributed by atoms with Gasteiger partial charge in [0.25, 0.3) is 11.8 Å². The van der Waals surface area contributed by atoms with Crippen molar-refractivity contribution in [2.75, 3.05) is 5.32 Å². The molecule has 0 atom stereocenters. The van der Waals surface area contributed by atoms with Gasteiger partial charge < -0.3 is 9.84 Å². The maximum Gasteiger partial charge on any atom is 0.267 e. The Balaban J connectivity index is 1.66. The summed E-state index contributed by atoms with van der Waals surface area (Å²) < 4.78 is 5.46. The lowest BCUT2D eigenvalue weighted by Crippen LogP contribution is -2.13. The van der Waals surface area contributed by atoms with Crippen molar-refractivity contribution in [2.45, 2.75) is 33.6 Å². The summed E-state index contributed by atoms with van der Waals surface area (Å²) in [5, 5.41) is 8.44. The third kappa shape index (κ3) is 4.38. The summed E-state index contributed by atoms with van der Waals surface area (Å²) >= 11 is 7.43. The molecule has 0 aliphatic rings. The molecule has 1 N–H and O–H groups in total. The van der Waals surface area contributed by atoms with Gasteiger partial charge in [0.05, 0.1) is 16.9 Å². The first-order valence-electron chi connectivity index (χ1n) is 9.81. The molecule has 2 aromatic heterocycles. The van der Waals surface area contributed by atoms with Gasteiger partial charge in [0.1, 0.15) is 9.88 Å². The standard InChI is InChI=1S/C23H21ClN4O2S/c1-12(2)20-27-22(30-28-20)17-10-5-7-13(3)18(17)26-21(29)19-14(4)25-23(31-19)15-8-6-9-16(24)11-15/h5-12H,1-4H3,(H,26,29). The van der Waals surface area contributed by atoms with E-state index >= 15 is 0 Å². The molecule has 4 aromatic rings. The van der Waals surface area contributed by atoms with E-state index in [0.29, 0.717) is 38.6 Å². The van der Waals surface area contributed by atoms with Crippen LogP contribution in [0.5, 0.6) is 0 Å². The molecule has 0 radical (unpaired) electrons. The molecular formula is C23H21ClN4O2S. The molecule has 0 aliphatic heterocycles. The van der Waals surface area contributed by atoms with Gasteiger partial charge in [-0.2, -0.15) is 4.98 Å². The number of anilines is 1. The van der Waals surface area contributed by atoms with Crippen LogP contribution in [0.3, 0.4) is 0 Å². The number of aryl methyl sites for hydroxylation is 2. The van der Waals surface area contributed by atoms with Crippen molar-refractivity contribution >= 4 is 34.5 Å². The van der Waals surface area contributed by atoms with Crippen LogP contribution in [0.15, 0.2) is 47.0 Å². The summed E-state index contributed by atoms with van der Waals surface area (Å²) in [6.07, 6.45) is 0. The number of thiazole rings is 1. The first-order valence-corrected chi connectivity index (χ1v) is 11.0. The minimum Gasteiger partial charge on any atom is -0.334 e. The molecule has 0 saturated carbocycles. The number of nitrogens with one attached hydrogen (secondary N) is 1. The summed E-state index contributed by atoms with van der Waals surface area (Å²) in [5.41, 5.74) is 3.76. The first-order chi connectivity index (χ1) is 14.8. The van der Waals surface area contributed by atoms with Crippen molar-refractivity contribution in [3.63, 3.8) is 0 Å². The van der Waals surface area contributed by atoms with Gasteiger partial charge >= 0.3 is 0 Å². The molecule has 0 aliphatic carbocycles. The molecular weight excluding hydrogens is 432 g/mol. The Labute approximate surface area is 189 Å². The van der Waals surface area contributed by atoms with Crippen LogP contribution in [0.4, 0.5) is 5.69 Å². The van der Waals surface area contributed by atoms with E-state index in [1.165, 1.54) is 11.3 Å². The van der Waals surface area contributed by atoms with Gasteiger partial charge in [0, 0.05) is 16.5 Å². The molecule has 6 nitrogen and oxygen atoms in total. The van der Waals surface area contributed by atoms with Crippen molar-refractivity contribution in [1.82, 2.24) is 15.1 Å². The van der Waals surface area contributed by atoms with Gasteiger partial charge in [0.15, 0.2) is 5.82 Å². The highest BCUT2D eigenvalue weighted by molar-refractivity contribution is 7.17. The van der Waals surface area contributed by atoms with E-state index in [0.717, 1.165) is 16.1 Å². The average molecular weight is 453 g/mol. The minimum atomic E-state index is -0.234. The highest BCUT2D eigenvalue weighted by Crippen LogP contribution is 2.33. The quantitative estimate of drug-likeness (QED) is 0.373. The third-order valence-electron chi connectivity index (χ3n) is 4.77. The predicted molar refractivity (Wildman–Crippen MR) is 124 cm³/mol. The zero-order valence-corrected chi connectivity index (χ0v) is 19.1. The van der Waals surface area contributed by atoms with Crippen LogP contribution < -0.4 is 5.32 Å². The van der Waals surface area contributed by atoms with Gasteiger partial charge in [-0.25, -0.2) is 4.98 Å². The zero-order chi connectivity index (χ0) is 22.1. The van der Waals surface area contributed by atoms with E-state index in [1.54, 1.807) is 6.07 Å². The number of para-hydroxylation sites is 1. The number of amides is 1. The second-order valence-electron chi connectivity index (χ2n) is 7.51. The number of hydrogen-bond donors (Lipinski definition) is 1. The molecule has 0 bridgehead atoms. The summed E-state index contributed by atoms with van der Waals surface area (Å²) in [7, 11) is 0. The lowest BCUT2D eigenvalue weighted by Gasteiger charge is -2.11. The number of aromatic nitrogens is 3. The van der Waals surface area contributed by atoms with E-state index < -0.39 is 0 Å². The number of carbonyl (C=O) groups is 1. The highest BCUT2D eigenvalue weighted by atomic mass is 35.5. The Hall–Kier alpha value is -3.03. The molecule has 4 rings (SSSR count). The van der Waals surface area contributed by atoms with Crippen molar-refractivity contribution in [3.05, 3.63) is 69.4 Å². The fourth-order valence-corrected chi connectivity index (χ4v) is 4.26. The molecule has 1 amide bonds. The van der Waals surface area contributed by atoms with Crippen LogP contribution in [0.25, 0.3) is 22.0 Å².